The molecule has 1 aliphatic carbocycles. The average Bonchev–Trinajstić information content (AvgIpc) is 2.28. The van der Waals surface area contributed by atoms with Crippen LogP contribution in [-0.2, 0) is 4.79 Å². The van der Waals surface area contributed by atoms with Gasteiger partial charge in [0.15, 0.2) is 5.54 Å². The zero-order valence-electron chi connectivity index (χ0n) is 10.8. The number of carbonyl (C=O) groups excluding carboxylic acids is 1. The Hall–Kier alpha value is -0.780. The molecule has 6 heteroatoms. The van der Waals surface area contributed by atoms with Gasteiger partial charge in [-0.05, 0) is 25.7 Å². The molecule has 1 amide bonds. The van der Waals surface area contributed by atoms with Gasteiger partial charge in [0, 0.05) is 6.04 Å². The van der Waals surface area contributed by atoms with Gasteiger partial charge in [-0.25, -0.2) is 0 Å². The Morgan fingerprint density at radius 3 is 2.39 bits per heavy atom. The molecule has 18 heavy (non-hydrogen) atoms. The van der Waals surface area contributed by atoms with Crippen LogP contribution in [0, 0.1) is 5.92 Å². The van der Waals surface area contributed by atoms with E-state index >= 15 is 0 Å². The number of hydrogen-bond donors (Lipinski definition) is 2. The molecule has 106 valence electrons. The smallest absolute Gasteiger partial charge is 0.351 e. The molecule has 0 spiro atoms. The molecule has 0 aromatic carbocycles. The summed E-state index contributed by atoms with van der Waals surface area (Å²) in [4.78, 5) is 11.7. The Bertz CT molecular complexity index is 302. The van der Waals surface area contributed by atoms with Gasteiger partial charge < -0.3 is 11.1 Å². The van der Waals surface area contributed by atoms with E-state index in [2.05, 4.69) is 5.32 Å². The molecule has 1 fully saturated rings. The molecular formula is C12H21F3N2O. The lowest BCUT2D eigenvalue weighted by molar-refractivity contribution is -0.188. The molecule has 3 unspecified atom stereocenters. The second-order valence-electron chi connectivity index (χ2n) is 5.23. The van der Waals surface area contributed by atoms with Crippen molar-refractivity contribution in [2.24, 2.45) is 11.7 Å². The summed E-state index contributed by atoms with van der Waals surface area (Å²) in [5, 5.41) is 2.48. The van der Waals surface area contributed by atoms with Crippen LogP contribution >= 0.6 is 0 Å². The van der Waals surface area contributed by atoms with Crippen LogP contribution in [0.5, 0.6) is 0 Å². The Kier molecular flexibility index (Phi) is 4.64. The summed E-state index contributed by atoms with van der Waals surface area (Å²) in [7, 11) is 0. The van der Waals surface area contributed by atoms with E-state index in [-0.39, 0.29) is 12.0 Å². The molecular weight excluding hydrogens is 245 g/mol. The first-order valence-electron chi connectivity index (χ1n) is 6.36. The van der Waals surface area contributed by atoms with Gasteiger partial charge in [-0.2, -0.15) is 13.2 Å². The predicted molar refractivity (Wildman–Crippen MR) is 62.8 cm³/mol. The van der Waals surface area contributed by atoms with Crippen molar-refractivity contribution >= 4 is 5.91 Å². The van der Waals surface area contributed by atoms with Crippen molar-refractivity contribution in [1.29, 1.82) is 0 Å². The minimum Gasteiger partial charge on any atom is -0.351 e. The normalized spacial score (nSPS) is 28.6. The van der Waals surface area contributed by atoms with Crippen molar-refractivity contribution in [3.63, 3.8) is 0 Å². The number of nitrogens with two attached hydrogens (primary N) is 1. The Labute approximate surface area is 105 Å². The van der Waals surface area contributed by atoms with Gasteiger partial charge in [-0.1, -0.05) is 26.2 Å². The molecule has 1 rings (SSSR count). The van der Waals surface area contributed by atoms with E-state index in [0.29, 0.717) is 6.92 Å². The highest BCUT2D eigenvalue weighted by Gasteiger charge is 2.54. The van der Waals surface area contributed by atoms with Gasteiger partial charge in [-0.3, -0.25) is 4.79 Å². The molecule has 0 aromatic rings. The molecule has 3 atom stereocenters. The molecule has 3 nitrogen and oxygen atoms in total. The summed E-state index contributed by atoms with van der Waals surface area (Å²) in [5.74, 6) is -0.868. The predicted octanol–water partition coefficient (Wildman–Crippen LogP) is 2.35. The van der Waals surface area contributed by atoms with E-state index in [0.717, 1.165) is 32.1 Å². The first-order chi connectivity index (χ1) is 8.20. The monoisotopic (exact) mass is 266 g/mol. The molecule has 0 aromatic heterocycles. The number of carbonyl (C=O) groups is 1. The maximum absolute atomic E-state index is 12.6. The van der Waals surface area contributed by atoms with E-state index < -0.39 is 17.6 Å². The van der Waals surface area contributed by atoms with Crippen LogP contribution in [0.25, 0.3) is 0 Å². The van der Waals surface area contributed by atoms with Crippen LogP contribution in [0.15, 0.2) is 0 Å². The molecule has 1 saturated carbocycles. The van der Waals surface area contributed by atoms with E-state index in [1.54, 1.807) is 0 Å². The minimum atomic E-state index is -4.73. The molecule has 0 radical (unpaired) electrons. The Morgan fingerprint density at radius 2 is 1.89 bits per heavy atom. The van der Waals surface area contributed by atoms with Crippen molar-refractivity contribution in [2.45, 2.75) is 63.7 Å². The standard InChI is InChI=1S/C12H21F3N2O/c1-3-8-6-4-5-7-9(8)17-10(18)11(2,16)12(13,14)15/h8-9H,3-7,16H2,1-2H3,(H,17,18). The van der Waals surface area contributed by atoms with Gasteiger partial charge in [0.1, 0.15) is 0 Å². The lowest BCUT2D eigenvalue weighted by atomic mass is 9.82. The third kappa shape index (κ3) is 3.16. The Morgan fingerprint density at radius 1 is 1.33 bits per heavy atom. The highest BCUT2D eigenvalue weighted by Crippen LogP contribution is 2.30. The number of amides is 1. The number of alkyl halides is 3. The number of rotatable bonds is 3. The summed E-state index contributed by atoms with van der Waals surface area (Å²) >= 11 is 0. The average molecular weight is 266 g/mol. The van der Waals surface area contributed by atoms with Crippen LogP contribution in [0.3, 0.4) is 0 Å². The van der Waals surface area contributed by atoms with Gasteiger partial charge in [0.2, 0.25) is 5.91 Å². The maximum Gasteiger partial charge on any atom is 0.415 e. The van der Waals surface area contributed by atoms with Crippen LogP contribution < -0.4 is 11.1 Å². The summed E-state index contributed by atoms with van der Waals surface area (Å²) in [6, 6.07) is -0.179. The highest BCUT2D eigenvalue weighted by atomic mass is 19.4. The minimum absolute atomic E-state index is 0.179. The molecule has 3 N–H and O–H groups in total. The molecule has 0 saturated heterocycles. The van der Waals surface area contributed by atoms with E-state index in [1.807, 2.05) is 6.92 Å². The van der Waals surface area contributed by atoms with Crippen LogP contribution in [0.1, 0.15) is 46.0 Å². The Balaban J connectivity index is 2.69. The highest BCUT2D eigenvalue weighted by molar-refractivity contribution is 5.86. The third-order valence-electron chi connectivity index (χ3n) is 3.81. The van der Waals surface area contributed by atoms with Crippen molar-refractivity contribution in [3.05, 3.63) is 0 Å². The molecule has 0 heterocycles. The van der Waals surface area contributed by atoms with Gasteiger partial charge in [-0.15, -0.1) is 0 Å². The summed E-state index contributed by atoms with van der Waals surface area (Å²) in [5.41, 5.74) is 2.29. The van der Waals surface area contributed by atoms with Crippen molar-refractivity contribution in [3.8, 4) is 0 Å². The number of halogens is 3. The molecule has 0 aliphatic heterocycles. The van der Waals surface area contributed by atoms with E-state index in [9.17, 15) is 18.0 Å². The van der Waals surface area contributed by atoms with E-state index in [4.69, 9.17) is 5.73 Å². The second kappa shape index (κ2) is 5.47. The maximum atomic E-state index is 12.6. The van der Waals surface area contributed by atoms with Crippen LogP contribution in [0.2, 0.25) is 0 Å². The van der Waals surface area contributed by atoms with Gasteiger partial charge >= 0.3 is 6.18 Å². The fourth-order valence-electron chi connectivity index (χ4n) is 2.33. The van der Waals surface area contributed by atoms with Gasteiger partial charge in [0.05, 0.1) is 0 Å². The lowest BCUT2D eigenvalue weighted by Gasteiger charge is -2.35. The zero-order chi connectivity index (χ0) is 14.0. The molecule has 1 aliphatic rings. The lowest BCUT2D eigenvalue weighted by Crippen LogP contribution is -2.63. The molecule has 0 bridgehead atoms. The van der Waals surface area contributed by atoms with Gasteiger partial charge in [0.25, 0.3) is 0 Å². The number of hydrogen-bond acceptors (Lipinski definition) is 2. The summed E-state index contributed by atoms with van der Waals surface area (Å²) in [6.07, 6.45) is -0.169. The fraction of sp³-hybridized carbons (Fsp3) is 0.917. The fourth-order valence-corrected chi connectivity index (χ4v) is 2.33. The van der Waals surface area contributed by atoms with E-state index in [1.165, 1.54) is 0 Å². The van der Waals surface area contributed by atoms with Crippen molar-refractivity contribution in [2.75, 3.05) is 0 Å². The van der Waals surface area contributed by atoms with Crippen LogP contribution in [-0.4, -0.2) is 23.7 Å². The second-order valence-corrected chi connectivity index (χ2v) is 5.23. The zero-order valence-corrected chi connectivity index (χ0v) is 10.8. The van der Waals surface area contributed by atoms with Crippen molar-refractivity contribution in [1.82, 2.24) is 5.32 Å². The SMILES string of the molecule is CCC1CCCCC1NC(=O)C(C)(N)C(F)(F)F. The van der Waals surface area contributed by atoms with Crippen LogP contribution in [0.4, 0.5) is 13.2 Å². The third-order valence-corrected chi connectivity index (χ3v) is 3.81. The first-order valence-corrected chi connectivity index (χ1v) is 6.36. The number of nitrogens with one attached hydrogen (secondary N) is 1. The first kappa shape index (κ1) is 15.3. The topological polar surface area (TPSA) is 55.1 Å². The van der Waals surface area contributed by atoms with Crippen molar-refractivity contribution < 1.29 is 18.0 Å². The summed E-state index contributed by atoms with van der Waals surface area (Å²) in [6.45, 7) is 2.70. The largest absolute Gasteiger partial charge is 0.415 e. The summed E-state index contributed by atoms with van der Waals surface area (Å²) < 4.78 is 37.9. The quantitative estimate of drug-likeness (QED) is 0.824.